The van der Waals surface area contributed by atoms with Gasteiger partial charge in [-0.3, -0.25) is 0 Å². The molecule has 0 radical (unpaired) electrons. The van der Waals surface area contributed by atoms with E-state index >= 15 is 0 Å². The lowest BCUT2D eigenvalue weighted by Gasteiger charge is -2.42. The molecule has 0 saturated heterocycles. The molecule has 0 N–H and O–H groups in total. The van der Waals surface area contributed by atoms with E-state index < -0.39 is 0 Å². The van der Waals surface area contributed by atoms with Gasteiger partial charge in [0.05, 0.1) is 16.7 Å². The largest absolute Gasteiger partial charge is 0.310 e. The standard InChI is InChI=1S/C42H42N2/c1-25-20-26(2)22-29(21-25)43(28-18-16-27(17-19-28)40(3,4)5)30-23-32-31-12-10-13-33-37(31)44-38(32)36(24-30)42(8,9)35-15-11-14-34(39(35)44)41(33,6)7/h10-24H,1-9H3. The molecular weight excluding hydrogens is 532 g/mol. The third kappa shape index (κ3) is 3.54. The highest BCUT2D eigenvalue weighted by Gasteiger charge is 2.43. The number of benzene rings is 5. The summed E-state index contributed by atoms with van der Waals surface area (Å²) in [5, 5.41) is 2.68. The van der Waals surface area contributed by atoms with Crippen molar-refractivity contribution < 1.29 is 0 Å². The van der Waals surface area contributed by atoms with Crippen LogP contribution < -0.4 is 4.90 Å². The minimum atomic E-state index is -0.165. The zero-order valence-corrected chi connectivity index (χ0v) is 27.6. The van der Waals surface area contributed by atoms with Crippen molar-refractivity contribution in [1.82, 2.24) is 4.57 Å². The fourth-order valence-corrected chi connectivity index (χ4v) is 8.23. The molecule has 0 aliphatic carbocycles. The van der Waals surface area contributed by atoms with E-state index in [2.05, 4.69) is 163 Å². The second kappa shape index (κ2) is 8.66. The fraction of sp³-hybridized carbons (Fsp3) is 0.286. The third-order valence-electron chi connectivity index (χ3n) is 10.5. The summed E-state index contributed by atoms with van der Waals surface area (Å²) in [7, 11) is 0. The van der Waals surface area contributed by atoms with Gasteiger partial charge in [-0.2, -0.15) is 0 Å². The fourth-order valence-electron chi connectivity index (χ4n) is 8.23. The molecule has 1 aromatic heterocycles. The summed E-state index contributed by atoms with van der Waals surface area (Å²) in [5.41, 5.74) is 17.1. The molecular formula is C42H42N2. The quantitative estimate of drug-likeness (QED) is 0.204. The van der Waals surface area contributed by atoms with Crippen LogP contribution in [0.5, 0.6) is 0 Å². The lowest BCUT2D eigenvalue weighted by Crippen LogP contribution is -2.33. The van der Waals surface area contributed by atoms with Gasteiger partial charge in [0.1, 0.15) is 0 Å². The highest BCUT2D eigenvalue weighted by molar-refractivity contribution is 6.15. The van der Waals surface area contributed by atoms with Gasteiger partial charge in [0.15, 0.2) is 0 Å². The first-order chi connectivity index (χ1) is 20.8. The monoisotopic (exact) mass is 574 g/mol. The normalized spacial score (nSPS) is 15.8. The topological polar surface area (TPSA) is 8.17 Å². The highest BCUT2D eigenvalue weighted by atomic mass is 15.1. The van der Waals surface area contributed by atoms with Crippen LogP contribution in [-0.2, 0) is 16.2 Å². The molecule has 0 saturated carbocycles. The van der Waals surface area contributed by atoms with Crippen LogP contribution in [0.4, 0.5) is 17.1 Å². The summed E-state index contributed by atoms with van der Waals surface area (Å²) in [6, 6.07) is 35.0. The Kier molecular flexibility index (Phi) is 5.37. The lowest BCUT2D eigenvalue weighted by molar-refractivity contribution is 0.590. The van der Waals surface area contributed by atoms with Crippen LogP contribution in [-0.4, -0.2) is 4.57 Å². The molecule has 5 aromatic carbocycles. The van der Waals surface area contributed by atoms with Crippen LogP contribution in [0.2, 0.25) is 0 Å². The molecule has 2 aliphatic heterocycles. The summed E-state index contributed by atoms with van der Waals surface area (Å²) in [6.07, 6.45) is 0. The maximum atomic E-state index is 2.61. The molecule has 0 amide bonds. The Morgan fingerprint density at radius 3 is 1.73 bits per heavy atom. The zero-order valence-electron chi connectivity index (χ0n) is 27.6. The van der Waals surface area contributed by atoms with Crippen molar-refractivity contribution in [2.45, 2.75) is 78.6 Å². The molecule has 0 fully saturated rings. The molecule has 0 bridgehead atoms. The summed E-state index contributed by atoms with van der Waals surface area (Å²) in [4.78, 5) is 2.47. The van der Waals surface area contributed by atoms with Gasteiger partial charge < -0.3 is 9.47 Å². The van der Waals surface area contributed by atoms with E-state index in [1.807, 2.05) is 0 Å². The van der Waals surface area contributed by atoms with Crippen molar-refractivity contribution in [1.29, 1.82) is 0 Å². The van der Waals surface area contributed by atoms with E-state index in [1.54, 1.807) is 0 Å². The smallest absolute Gasteiger partial charge is 0.0583 e. The Balaban J connectivity index is 1.49. The molecule has 2 aliphatic rings. The van der Waals surface area contributed by atoms with Crippen LogP contribution in [0.25, 0.3) is 27.5 Å². The first-order valence-electron chi connectivity index (χ1n) is 16.0. The zero-order chi connectivity index (χ0) is 30.9. The van der Waals surface area contributed by atoms with Crippen molar-refractivity contribution in [3.8, 4) is 5.69 Å². The first-order valence-corrected chi connectivity index (χ1v) is 16.0. The van der Waals surface area contributed by atoms with Gasteiger partial charge in [-0.25, -0.2) is 0 Å². The van der Waals surface area contributed by atoms with E-state index in [9.17, 15) is 0 Å². The van der Waals surface area contributed by atoms with E-state index in [1.165, 1.54) is 83.5 Å². The Labute approximate surface area is 262 Å². The molecule has 2 heteroatoms. The molecule has 3 heterocycles. The van der Waals surface area contributed by atoms with E-state index in [4.69, 9.17) is 0 Å². The number of aryl methyl sites for hydroxylation is 2. The second-order valence-electron chi connectivity index (χ2n) is 15.4. The Morgan fingerprint density at radius 2 is 1.09 bits per heavy atom. The first kappa shape index (κ1) is 27.3. The number of aromatic nitrogens is 1. The van der Waals surface area contributed by atoms with Gasteiger partial charge in [0.25, 0.3) is 0 Å². The second-order valence-corrected chi connectivity index (χ2v) is 15.4. The average molecular weight is 575 g/mol. The SMILES string of the molecule is Cc1cc(C)cc(N(c2ccc(C(C)(C)C)cc2)c2cc3c4c(c2)c2cccc5c2n4-c2c(cccc2C3(C)C)C5(C)C)c1. The molecule has 0 spiro atoms. The number of nitrogens with zero attached hydrogens (tertiary/aromatic N) is 2. The number of rotatable bonds is 3. The van der Waals surface area contributed by atoms with Crippen molar-refractivity contribution in [2.24, 2.45) is 0 Å². The molecule has 0 unspecified atom stereocenters. The number of hydrogen-bond donors (Lipinski definition) is 0. The van der Waals surface area contributed by atoms with Crippen LogP contribution >= 0.6 is 0 Å². The summed E-state index contributed by atoms with van der Waals surface area (Å²) >= 11 is 0. The van der Waals surface area contributed by atoms with Crippen molar-refractivity contribution >= 4 is 38.9 Å². The molecule has 6 aromatic rings. The maximum Gasteiger partial charge on any atom is 0.0583 e. The Hall–Kier alpha value is -4.30. The molecule has 8 rings (SSSR count). The van der Waals surface area contributed by atoms with E-state index in [0.717, 1.165) is 0 Å². The van der Waals surface area contributed by atoms with Crippen molar-refractivity contribution in [3.05, 3.63) is 130 Å². The summed E-state index contributed by atoms with van der Waals surface area (Å²) in [5.74, 6) is 0. The maximum absolute atomic E-state index is 2.61. The number of anilines is 3. The minimum Gasteiger partial charge on any atom is -0.310 e. The average Bonchev–Trinajstić information content (AvgIpc) is 3.29. The van der Waals surface area contributed by atoms with Crippen molar-refractivity contribution in [2.75, 3.05) is 4.90 Å². The predicted octanol–water partition coefficient (Wildman–Crippen LogP) is 11.4. The number of para-hydroxylation sites is 2. The summed E-state index contributed by atoms with van der Waals surface area (Å²) in [6.45, 7) is 20.9. The van der Waals surface area contributed by atoms with Gasteiger partial charge >= 0.3 is 0 Å². The van der Waals surface area contributed by atoms with E-state index in [-0.39, 0.29) is 16.2 Å². The predicted molar refractivity (Wildman–Crippen MR) is 188 cm³/mol. The van der Waals surface area contributed by atoms with Crippen LogP contribution in [0, 0.1) is 13.8 Å². The van der Waals surface area contributed by atoms with Gasteiger partial charge in [-0.05, 0) is 94.6 Å². The molecule has 2 nitrogen and oxygen atoms in total. The van der Waals surface area contributed by atoms with Crippen LogP contribution in [0.1, 0.15) is 87.4 Å². The van der Waals surface area contributed by atoms with Crippen LogP contribution in [0.3, 0.4) is 0 Å². The minimum absolute atomic E-state index is 0.0778. The Bertz CT molecular complexity index is 2140. The van der Waals surface area contributed by atoms with Gasteiger partial charge in [-0.1, -0.05) is 103 Å². The van der Waals surface area contributed by atoms with Crippen LogP contribution in [0.15, 0.2) is 91.0 Å². The molecule has 220 valence electrons. The van der Waals surface area contributed by atoms with Gasteiger partial charge in [-0.15, -0.1) is 0 Å². The molecule has 44 heavy (non-hydrogen) atoms. The Morgan fingerprint density at radius 1 is 0.545 bits per heavy atom. The number of fused-ring (bicyclic) bond motifs is 1. The van der Waals surface area contributed by atoms with Gasteiger partial charge in [0, 0.05) is 38.7 Å². The lowest BCUT2D eigenvalue weighted by atomic mass is 9.68. The highest BCUT2D eigenvalue weighted by Crippen LogP contribution is 2.56. The molecule has 0 atom stereocenters. The van der Waals surface area contributed by atoms with Crippen molar-refractivity contribution in [3.63, 3.8) is 0 Å². The van der Waals surface area contributed by atoms with E-state index in [0.29, 0.717) is 0 Å². The summed E-state index contributed by atoms with van der Waals surface area (Å²) < 4.78 is 2.61. The third-order valence-corrected chi connectivity index (χ3v) is 10.5. The van der Waals surface area contributed by atoms with Gasteiger partial charge in [0.2, 0.25) is 0 Å². The number of hydrogen-bond acceptors (Lipinski definition) is 1.